The number of ether oxygens (including phenoxy) is 1. The quantitative estimate of drug-likeness (QED) is 0.460. The molecule has 0 spiro atoms. The molecule has 1 fully saturated rings. The zero-order chi connectivity index (χ0) is 18.9. The van der Waals surface area contributed by atoms with Gasteiger partial charge in [-0.15, -0.1) is 23.1 Å². The highest BCUT2D eigenvalue weighted by Gasteiger charge is 2.13. The molecular weight excluding hydrogens is 376 g/mol. The van der Waals surface area contributed by atoms with Crippen molar-refractivity contribution in [1.29, 1.82) is 0 Å². The number of carbonyl (C=O) groups is 1. The minimum Gasteiger partial charge on any atom is -0.378 e. The van der Waals surface area contributed by atoms with Gasteiger partial charge in [-0.3, -0.25) is 4.79 Å². The van der Waals surface area contributed by atoms with E-state index in [1.807, 2.05) is 31.2 Å². The van der Waals surface area contributed by atoms with Crippen LogP contribution in [0.25, 0.3) is 0 Å². The topological polar surface area (TPSA) is 51.2 Å². The van der Waals surface area contributed by atoms with Gasteiger partial charge >= 0.3 is 0 Å². The molecule has 146 valence electrons. The highest BCUT2D eigenvalue weighted by molar-refractivity contribution is 7.98. The van der Waals surface area contributed by atoms with Crippen molar-refractivity contribution in [1.82, 2.24) is 10.3 Å². The average Bonchev–Trinajstić information content (AvgIpc) is 3.12. The number of amides is 1. The molecule has 0 unspecified atom stereocenters. The van der Waals surface area contributed by atoms with Crippen molar-refractivity contribution in [3.63, 3.8) is 0 Å². The van der Waals surface area contributed by atoms with Crippen molar-refractivity contribution in [3.8, 4) is 0 Å². The van der Waals surface area contributed by atoms with Gasteiger partial charge in [0.15, 0.2) is 0 Å². The van der Waals surface area contributed by atoms with E-state index in [1.54, 1.807) is 23.1 Å². The van der Waals surface area contributed by atoms with Crippen LogP contribution in [0, 0.1) is 6.92 Å². The third kappa shape index (κ3) is 6.94. The maximum atomic E-state index is 12.2. The number of thiazole rings is 1. The Morgan fingerprint density at radius 2 is 2.04 bits per heavy atom. The van der Waals surface area contributed by atoms with Gasteiger partial charge in [-0.05, 0) is 50.5 Å². The molecule has 6 heteroatoms. The summed E-state index contributed by atoms with van der Waals surface area (Å²) in [5.74, 6) is 0.844. The van der Waals surface area contributed by atoms with Gasteiger partial charge in [0.25, 0.3) is 5.91 Å². The second-order valence-corrected chi connectivity index (χ2v) is 9.02. The predicted molar refractivity (Wildman–Crippen MR) is 113 cm³/mol. The van der Waals surface area contributed by atoms with E-state index in [0.717, 1.165) is 34.4 Å². The molecular formula is C21H28N2O2S2. The molecule has 1 N–H and O–H groups in total. The van der Waals surface area contributed by atoms with Crippen LogP contribution >= 0.6 is 23.1 Å². The Hall–Kier alpha value is -1.37. The molecule has 4 nitrogen and oxygen atoms in total. The SMILES string of the molecule is Cc1nc(CSc2ccc(C(=O)NCCCOC3CCCCC3)cc2)cs1. The number of nitrogens with zero attached hydrogens (tertiary/aromatic N) is 1. The molecule has 1 heterocycles. The molecule has 0 saturated heterocycles. The van der Waals surface area contributed by atoms with Gasteiger partial charge in [-0.2, -0.15) is 0 Å². The van der Waals surface area contributed by atoms with Crippen molar-refractivity contribution in [3.05, 3.63) is 45.9 Å². The smallest absolute Gasteiger partial charge is 0.251 e. The van der Waals surface area contributed by atoms with E-state index < -0.39 is 0 Å². The van der Waals surface area contributed by atoms with Crippen LogP contribution in [0.1, 0.15) is 59.6 Å². The fourth-order valence-electron chi connectivity index (χ4n) is 3.19. The first-order chi connectivity index (χ1) is 13.2. The molecule has 1 saturated carbocycles. The van der Waals surface area contributed by atoms with E-state index >= 15 is 0 Å². The Morgan fingerprint density at radius 1 is 1.26 bits per heavy atom. The third-order valence-electron chi connectivity index (χ3n) is 4.68. The summed E-state index contributed by atoms with van der Waals surface area (Å²) in [7, 11) is 0. The Kier molecular flexibility index (Phi) is 8.17. The monoisotopic (exact) mass is 404 g/mol. The molecule has 1 amide bonds. The summed E-state index contributed by atoms with van der Waals surface area (Å²) < 4.78 is 5.89. The largest absolute Gasteiger partial charge is 0.378 e. The minimum atomic E-state index is -0.0145. The zero-order valence-corrected chi connectivity index (χ0v) is 17.5. The van der Waals surface area contributed by atoms with Crippen LogP contribution in [0.15, 0.2) is 34.5 Å². The number of hydrogen-bond donors (Lipinski definition) is 1. The molecule has 0 bridgehead atoms. The van der Waals surface area contributed by atoms with E-state index in [2.05, 4.69) is 15.7 Å². The van der Waals surface area contributed by atoms with Crippen LogP contribution in [0.5, 0.6) is 0 Å². The van der Waals surface area contributed by atoms with Crippen LogP contribution < -0.4 is 5.32 Å². The first kappa shape index (κ1) is 20.4. The van der Waals surface area contributed by atoms with Gasteiger partial charge < -0.3 is 10.1 Å². The lowest BCUT2D eigenvalue weighted by Crippen LogP contribution is -2.26. The number of benzene rings is 1. The number of carbonyl (C=O) groups excluding carboxylic acids is 1. The molecule has 1 aromatic carbocycles. The number of aromatic nitrogens is 1. The first-order valence-corrected chi connectivity index (χ1v) is 11.6. The van der Waals surface area contributed by atoms with E-state index in [4.69, 9.17) is 4.74 Å². The molecule has 1 aromatic heterocycles. The van der Waals surface area contributed by atoms with Crippen LogP contribution in [0.3, 0.4) is 0 Å². The van der Waals surface area contributed by atoms with Gasteiger partial charge in [0.05, 0.1) is 16.8 Å². The zero-order valence-electron chi connectivity index (χ0n) is 15.9. The van der Waals surface area contributed by atoms with Gasteiger partial charge in [0.2, 0.25) is 0 Å². The number of nitrogens with one attached hydrogen (secondary N) is 1. The summed E-state index contributed by atoms with van der Waals surface area (Å²) >= 11 is 3.42. The molecule has 0 atom stereocenters. The van der Waals surface area contributed by atoms with Gasteiger partial charge in [0.1, 0.15) is 0 Å². The molecule has 0 aliphatic heterocycles. The van der Waals surface area contributed by atoms with Crippen molar-refractivity contribution >= 4 is 29.0 Å². The number of hydrogen-bond acceptors (Lipinski definition) is 5. The molecule has 2 aromatic rings. The fourth-order valence-corrected chi connectivity index (χ4v) is 4.70. The summed E-state index contributed by atoms with van der Waals surface area (Å²) in [4.78, 5) is 17.9. The van der Waals surface area contributed by atoms with Gasteiger partial charge in [0, 0.05) is 34.7 Å². The fraction of sp³-hybridized carbons (Fsp3) is 0.524. The first-order valence-electron chi connectivity index (χ1n) is 9.74. The number of aryl methyl sites for hydroxylation is 1. The van der Waals surface area contributed by atoms with E-state index in [9.17, 15) is 4.79 Å². The molecule has 1 aliphatic carbocycles. The predicted octanol–water partition coefficient (Wildman–Crippen LogP) is 5.21. The lowest BCUT2D eigenvalue weighted by molar-refractivity contribution is 0.0273. The minimum absolute atomic E-state index is 0.0145. The molecule has 3 rings (SSSR count). The second kappa shape index (κ2) is 10.8. The van der Waals surface area contributed by atoms with Crippen molar-refractivity contribution < 1.29 is 9.53 Å². The van der Waals surface area contributed by atoms with E-state index in [0.29, 0.717) is 18.2 Å². The van der Waals surface area contributed by atoms with Crippen LogP contribution in [0.4, 0.5) is 0 Å². The Balaban J connectivity index is 1.33. The summed E-state index contributed by atoms with van der Waals surface area (Å²) in [5, 5.41) is 6.18. The highest BCUT2D eigenvalue weighted by atomic mass is 32.2. The highest BCUT2D eigenvalue weighted by Crippen LogP contribution is 2.24. The molecule has 0 radical (unpaired) electrons. The van der Waals surface area contributed by atoms with Crippen LogP contribution in [0.2, 0.25) is 0 Å². The lowest BCUT2D eigenvalue weighted by atomic mass is 9.98. The summed E-state index contributed by atoms with van der Waals surface area (Å²) in [6.07, 6.45) is 7.62. The van der Waals surface area contributed by atoms with Crippen molar-refractivity contribution in [2.45, 2.75) is 62.2 Å². The van der Waals surface area contributed by atoms with Crippen molar-refractivity contribution in [2.24, 2.45) is 0 Å². The Bertz CT molecular complexity index is 709. The normalized spacial score (nSPS) is 15.0. The van der Waals surface area contributed by atoms with Gasteiger partial charge in [-0.25, -0.2) is 4.98 Å². The molecule has 1 aliphatic rings. The third-order valence-corrected chi connectivity index (χ3v) is 6.55. The van der Waals surface area contributed by atoms with E-state index in [1.165, 1.54) is 32.1 Å². The summed E-state index contributed by atoms with van der Waals surface area (Å²) in [6.45, 7) is 3.41. The number of rotatable bonds is 9. The van der Waals surface area contributed by atoms with Crippen LogP contribution in [-0.4, -0.2) is 30.1 Å². The number of thioether (sulfide) groups is 1. The maximum Gasteiger partial charge on any atom is 0.251 e. The second-order valence-electron chi connectivity index (χ2n) is 6.91. The molecule has 27 heavy (non-hydrogen) atoms. The standard InChI is InChI=1S/C21H28N2O2S2/c1-16-23-18(14-26-16)15-27-20-10-8-17(9-11-20)21(24)22-12-5-13-25-19-6-3-2-4-7-19/h8-11,14,19H,2-7,12-13,15H2,1H3,(H,22,24). The summed E-state index contributed by atoms with van der Waals surface area (Å²) in [5.41, 5.74) is 1.82. The Labute approximate surface area is 170 Å². The van der Waals surface area contributed by atoms with Crippen molar-refractivity contribution in [2.75, 3.05) is 13.2 Å². The van der Waals surface area contributed by atoms with Crippen LogP contribution in [-0.2, 0) is 10.5 Å². The van der Waals surface area contributed by atoms with E-state index in [-0.39, 0.29) is 5.91 Å². The lowest BCUT2D eigenvalue weighted by Gasteiger charge is -2.21. The Morgan fingerprint density at radius 3 is 2.74 bits per heavy atom. The van der Waals surface area contributed by atoms with Gasteiger partial charge in [-0.1, -0.05) is 19.3 Å². The maximum absolute atomic E-state index is 12.2. The summed E-state index contributed by atoms with van der Waals surface area (Å²) in [6, 6.07) is 7.79. The average molecular weight is 405 g/mol.